The Bertz CT molecular complexity index is 3350. The first kappa shape index (κ1) is 94.9. The number of ketones is 5. The molecule has 0 aromatic heterocycles. The van der Waals surface area contributed by atoms with Crippen molar-refractivity contribution in [2.24, 2.45) is 90.7 Å². The highest BCUT2D eigenvalue weighted by atomic mass is 16.5. The van der Waals surface area contributed by atoms with Crippen LogP contribution in [0.4, 0.5) is 5.69 Å². The van der Waals surface area contributed by atoms with Gasteiger partial charge in [0.15, 0.2) is 0 Å². The second-order valence-electron chi connectivity index (χ2n) is 40.6. The van der Waals surface area contributed by atoms with E-state index < -0.39 is 0 Å². The topological polar surface area (TPSA) is 273 Å². The average Bonchev–Trinajstić information content (AvgIpc) is 1.70. The number of imide groups is 4. The quantitative estimate of drug-likeness (QED) is 0.0633. The van der Waals surface area contributed by atoms with Crippen molar-refractivity contribution in [3.05, 3.63) is 29.8 Å². The van der Waals surface area contributed by atoms with Crippen LogP contribution < -0.4 is 10.2 Å². The number of carbonyl (C=O) groups excluding carboxylic acids is 14. The highest BCUT2D eigenvalue weighted by molar-refractivity contribution is 6.21. The number of rotatable bonds is 27. The summed E-state index contributed by atoms with van der Waals surface area (Å²) in [6.45, 7) is 49.9. The Balaban J connectivity index is 0.000000309. The minimum atomic E-state index is -0.351. The van der Waals surface area contributed by atoms with Gasteiger partial charge in [-0.3, -0.25) is 86.7 Å². The van der Waals surface area contributed by atoms with Crippen LogP contribution in [0.25, 0.3) is 0 Å². The van der Waals surface area contributed by atoms with Crippen molar-refractivity contribution >= 4 is 87.8 Å². The van der Waals surface area contributed by atoms with Crippen LogP contribution in [0, 0.1) is 90.7 Å². The van der Waals surface area contributed by atoms with Gasteiger partial charge in [-0.1, -0.05) is 185 Å². The minimum Gasteiger partial charge on any atom is -0.381 e. The van der Waals surface area contributed by atoms with E-state index in [1.807, 2.05) is 190 Å². The molecule has 614 valence electrons. The van der Waals surface area contributed by atoms with Crippen LogP contribution in [0.2, 0.25) is 0 Å². The van der Waals surface area contributed by atoms with E-state index in [0.717, 1.165) is 89.0 Å². The van der Waals surface area contributed by atoms with Gasteiger partial charge in [0.25, 0.3) is 0 Å². The molecular weight excluding hydrogens is 1380 g/mol. The number of ether oxygens (including phenoxy) is 1. The van der Waals surface area contributed by atoms with Crippen LogP contribution in [0.15, 0.2) is 24.3 Å². The molecule has 1 N–H and O–H groups in total. The molecule has 7 rings (SSSR count). The Morgan fingerprint density at radius 1 is 0.385 bits per heavy atom. The third-order valence-corrected chi connectivity index (χ3v) is 22.9. The van der Waals surface area contributed by atoms with Crippen LogP contribution in [0.3, 0.4) is 0 Å². The predicted octanol–water partition coefficient (Wildman–Crippen LogP) is 16.1. The van der Waals surface area contributed by atoms with E-state index in [1.54, 1.807) is 0 Å². The lowest BCUT2D eigenvalue weighted by Gasteiger charge is -2.33. The number of nitrogens with zero attached hydrogens (tertiary/aromatic N) is 4. The molecule has 0 bridgehead atoms. The van der Waals surface area contributed by atoms with Crippen LogP contribution in [-0.2, 0) is 78.3 Å². The molecule has 4 aliphatic heterocycles. The first-order valence-electron chi connectivity index (χ1n) is 41.0. The normalized spacial score (nSPS) is 22.6. The Labute approximate surface area is 655 Å². The van der Waals surface area contributed by atoms with E-state index in [0.29, 0.717) is 107 Å². The number of aryl methyl sites for hydroxylation is 1. The van der Waals surface area contributed by atoms with Crippen molar-refractivity contribution in [2.45, 2.75) is 314 Å². The molecule has 20 heteroatoms. The van der Waals surface area contributed by atoms with Crippen molar-refractivity contribution in [3.63, 3.8) is 0 Å². The van der Waals surface area contributed by atoms with E-state index in [2.05, 4.69) is 5.32 Å². The van der Waals surface area contributed by atoms with Gasteiger partial charge in [0.05, 0.1) is 36.0 Å². The summed E-state index contributed by atoms with van der Waals surface area (Å²) in [5.41, 5.74) is -0.270. The molecule has 0 spiro atoms. The zero-order chi connectivity index (χ0) is 82.9. The van der Waals surface area contributed by atoms with Crippen LogP contribution >= 0.6 is 0 Å². The average molecular weight is 1520 g/mol. The van der Waals surface area contributed by atoms with Gasteiger partial charge >= 0.3 is 0 Å². The fraction of sp³-hybridized carbons (Fsp3) is 0.775. The molecule has 109 heavy (non-hydrogen) atoms. The maximum Gasteiger partial charge on any atom is 0.237 e. The molecule has 6 fully saturated rings. The summed E-state index contributed by atoms with van der Waals surface area (Å²) in [5, 5.41) is 3.05. The van der Waals surface area contributed by atoms with Gasteiger partial charge in [-0.15, -0.1) is 0 Å². The van der Waals surface area contributed by atoms with Gasteiger partial charge in [0.2, 0.25) is 53.2 Å². The number of anilines is 1. The third-order valence-electron chi connectivity index (χ3n) is 22.9. The fourth-order valence-corrected chi connectivity index (χ4v) is 15.0. The number of Topliss-reactive ketones (excluding diaryl/α,β-unsaturated/α-hetero) is 5. The Morgan fingerprint density at radius 3 is 1.17 bits per heavy atom. The molecule has 6 aliphatic rings. The zero-order valence-corrected chi connectivity index (χ0v) is 71.8. The van der Waals surface area contributed by atoms with E-state index in [-0.39, 0.29) is 175 Å². The summed E-state index contributed by atoms with van der Waals surface area (Å²) in [7, 11) is 0. The van der Waals surface area contributed by atoms with E-state index in [4.69, 9.17) is 4.74 Å². The van der Waals surface area contributed by atoms with Gasteiger partial charge in [0.1, 0.15) is 28.9 Å². The number of unbranched alkanes of at least 4 members (excludes halogenated alkanes) is 2. The van der Waals surface area contributed by atoms with Crippen molar-refractivity contribution in [3.8, 4) is 0 Å². The standard InChI is InChI=1S/C26H44N2O4.C22H31NO3.C21H35NO5.C20H33NO3/c1-25(2,3)20-16-22(30)28(24(20)32)17-18-11-13-19(14-12-18)23(31)27-15-9-7-8-10-21(29)26(4,5)6;1-21(2,3)17-14-19(25)23(20(17)26)16-12-10-15(11-13-16)8-7-9-18(24)22(4,5)6;1-20(2,3)16-14-18(25)22(19(16)26)11-9-15(23)8-7-12-27-13-10-17(24)21(4,5)6;1-19(2,3)15-11-16(22)21(18(15)24)12-13-7-9-14(10-8-13)17(23)20(4,5)6/h18-20H,7-17H2,1-6H3,(H,27,31);10-13,17H,7-9,14H2,1-6H3;16H,7-14H2,1-6H3;13-15H,7-12H2,1-6H3. The number of carbonyl (C=O) groups is 14. The highest BCUT2D eigenvalue weighted by Crippen LogP contribution is 2.42. The van der Waals surface area contributed by atoms with Gasteiger partial charge in [-0.2, -0.15) is 0 Å². The monoisotopic (exact) mass is 1520 g/mol. The molecule has 4 saturated heterocycles. The molecule has 1 aromatic carbocycles. The number of hydrogen-bond acceptors (Lipinski definition) is 15. The number of benzene rings is 1. The third kappa shape index (κ3) is 29.6. The molecule has 20 nitrogen and oxygen atoms in total. The second kappa shape index (κ2) is 39.8. The van der Waals surface area contributed by atoms with Crippen molar-refractivity contribution in [1.82, 2.24) is 20.0 Å². The lowest BCUT2D eigenvalue weighted by atomic mass is 9.73. The number of hydrogen-bond donors (Lipinski definition) is 1. The summed E-state index contributed by atoms with van der Waals surface area (Å²) in [6.07, 6.45) is 15.2. The van der Waals surface area contributed by atoms with Crippen LogP contribution in [-0.4, -0.2) is 136 Å². The largest absolute Gasteiger partial charge is 0.381 e. The van der Waals surface area contributed by atoms with Gasteiger partial charge < -0.3 is 10.1 Å². The number of amides is 9. The molecule has 9 amide bonds. The van der Waals surface area contributed by atoms with Crippen molar-refractivity contribution in [2.75, 3.05) is 44.3 Å². The maximum atomic E-state index is 12.7. The van der Waals surface area contributed by atoms with Gasteiger partial charge in [-0.25, -0.2) is 0 Å². The van der Waals surface area contributed by atoms with E-state index in [1.165, 1.54) is 19.6 Å². The number of likely N-dealkylation sites (tertiary alicyclic amines) is 3. The summed E-state index contributed by atoms with van der Waals surface area (Å²) in [6, 6.07) is 7.56. The maximum absolute atomic E-state index is 12.7. The Kier molecular flexibility index (Phi) is 34.7. The lowest BCUT2D eigenvalue weighted by molar-refractivity contribution is -0.143. The lowest BCUT2D eigenvalue weighted by Crippen LogP contribution is -2.39. The fourth-order valence-electron chi connectivity index (χ4n) is 15.0. The smallest absolute Gasteiger partial charge is 0.237 e. The summed E-state index contributed by atoms with van der Waals surface area (Å²) < 4.78 is 5.42. The Hall–Kier alpha value is -6.44. The van der Waals surface area contributed by atoms with Crippen molar-refractivity contribution in [1.29, 1.82) is 0 Å². The second-order valence-corrected chi connectivity index (χ2v) is 40.6. The van der Waals surface area contributed by atoms with Crippen molar-refractivity contribution < 1.29 is 71.9 Å². The molecule has 4 heterocycles. The summed E-state index contributed by atoms with van der Waals surface area (Å²) in [4.78, 5) is 178. The zero-order valence-electron chi connectivity index (χ0n) is 71.8. The van der Waals surface area contributed by atoms with E-state index in [9.17, 15) is 67.1 Å². The van der Waals surface area contributed by atoms with E-state index >= 15 is 0 Å². The molecule has 2 saturated carbocycles. The molecular formula is C89H143N5O15. The molecule has 4 atom stereocenters. The van der Waals surface area contributed by atoms with Gasteiger partial charge in [0, 0.05) is 124 Å². The Morgan fingerprint density at radius 2 is 0.771 bits per heavy atom. The molecule has 1 aromatic rings. The first-order valence-corrected chi connectivity index (χ1v) is 41.0. The SMILES string of the molecule is CC(C)(C)C(=O)C1CCC(CN2C(=O)CC(C(C)(C)C)C2=O)CC1.CC(C)(C)C(=O)CCCCCNC(=O)C1CCC(CN2C(=O)CC(C(C)(C)C)C2=O)CC1.CC(C)(C)C(=O)CCCc1ccc(N2C(=O)CC(C(C)(C)C)C2=O)cc1.CC(C)(C)C(=O)CCOCCCC(=O)CCN1C(=O)CC(C(C)(C)C)C1=O. The summed E-state index contributed by atoms with van der Waals surface area (Å²) in [5.74, 6) is 0.403. The molecule has 0 radical (unpaired) electrons. The minimum absolute atomic E-state index is 0.000362. The predicted molar refractivity (Wildman–Crippen MR) is 427 cm³/mol. The van der Waals surface area contributed by atoms with Gasteiger partial charge in [-0.05, 0) is 135 Å². The van der Waals surface area contributed by atoms with Crippen LogP contribution in [0.1, 0.15) is 313 Å². The summed E-state index contributed by atoms with van der Waals surface area (Å²) >= 11 is 0. The molecule has 4 unspecified atom stereocenters. The molecule has 2 aliphatic carbocycles. The number of nitrogens with one attached hydrogen (secondary N) is 1. The first-order chi connectivity index (χ1) is 50.0. The van der Waals surface area contributed by atoms with Crippen LogP contribution in [0.5, 0.6) is 0 Å². The highest BCUT2D eigenvalue weighted by Gasteiger charge is 2.49.